The number of nitrogens with two attached hydrogens (primary N) is 1. The van der Waals surface area contributed by atoms with Crippen LogP contribution in [0.5, 0.6) is 0 Å². The second kappa shape index (κ2) is 6.43. The first-order valence-electron chi connectivity index (χ1n) is 7.45. The van der Waals surface area contributed by atoms with E-state index in [0.29, 0.717) is 5.69 Å². The third kappa shape index (κ3) is 3.53. The van der Waals surface area contributed by atoms with Gasteiger partial charge in [-0.15, -0.1) is 0 Å². The number of fused-ring (bicyclic) bond motifs is 1. The number of rotatable bonds is 4. The predicted octanol–water partition coefficient (Wildman–Crippen LogP) is 0.910. The third-order valence-corrected chi connectivity index (χ3v) is 3.91. The van der Waals surface area contributed by atoms with Crippen LogP contribution >= 0.6 is 0 Å². The van der Waals surface area contributed by atoms with Gasteiger partial charge in [-0.2, -0.15) is 0 Å². The van der Waals surface area contributed by atoms with E-state index in [4.69, 9.17) is 15.3 Å². The molecule has 0 saturated carbocycles. The van der Waals surface area contributed by atoms with Crippen molar-refractivity contribution in [3.05, 3.63) is 24.1 Å². The van der Waals surface area contributed by atoms with Crippen molar-refractivity contribution in [1.29, 1.82) is 0 Å². The Morgan fingerprint density at radius 1 is 1.19 bits per heavy atom. The van der Waals surface area contributed by atoms with Gasteiger partial charge in [0.1, 0.15) is 5.52 Å². The first kappa shape index (κ1) is 14.3. The van der Waals surface area contributed by atoms with E-state index in [1.165, 1.54) is 0 Å². The first-order chi connectivity index (χ1) is 10.2. The summed E-state index contributed by atoms with van der Waals surface area (Å²) in [5.74, 6) is 0.742. The van der Waals surface area contributed by atoms with Crippen molar-refractivity contribution in [3.63, 3.8) is 0 Å². The fraction of sp³-hybridized carbons (Fsp3) is 0.533. The molecule has 1 aliphatic rings. The number of β-amino-alcohol motifs (C(OH)–C–C–N with tert-alkyl or cyclic N) is 1. The maximum Gasteiger partial charge on any atom is 0.209 e. The Balaban J connectivity index is 1.64. The molecule has 1 aromatic carbocycles. The molecule has 6 nitrogen and oxygen atoms in total. The van der Waals surface area contributed by atoms with Crippen LogP contribution in [0.2, 0.25) is 0 Å². The van der Waals surface area contributed by atoms with Crippen molar-refractivity contribution in [1.82, 2.24) is 14.8 Å². The van der Waals surface area contributed by atoms with Crippen molar-refractivity contribution in [2.45, 2.75) is 13.0 Å². The minimum Gasteiger partial charge on any atom is -0.439 e. The lowest BCUT2D eigenvalue weighted by molar-refractivity contribution is 0.193. The van der Waals surface area contributed by atoms with Crippen molar-refractivity contribution in [2.24, 2.45) is 0 Å². The Labute approximate surface area is 124 Å². The molecule has 21 heavy (non-hydrogen) atoms. The van der Waals surface area contributed by atoms with Gasteiger partial charge in [0.2, 0.25) is 5.89 Å². The van der Waals surface area contributed by atoms with E-state index in [0.717, 1.165) is 62.7 Å². The molecule has 2 heterocycles. The number of aliphatic hydroxyl groups is 1. The van der Waals surface area contributed by atoms with Crippen LogP contribution in [-0.4, -0.2) is 59.2 Å². The molecule has 1 fully saturated rings. The molecule has 0 amide bonds. The lowest BCUT2D eigenvalue weighted by Gasteiger charge is -2.19. The summed E-state index contributed by atoms with van der Waals surface area (Å²) in [6, 6.07) is 5.54. The van der Waals surface area contributed by atoms with Crippen molar-refractivity contribution in [3.8, 4) is 0 Å². The maximum atomic E-state index is 9.02. The summed E-state index contributed by atoms with van der Waals surface area (Å²) in [7, 11) is 0. The van der Waals surface area contributed by atoms with Crippen LogP contribution in [0.3, 0.4) is 0 Å². The molecule has 3 N–H and O–H groups in total. The van der Waals surface area contributed by atoms with Crippen molar-refractivity contribution < 1.29 is 9.52 Å². The van der Waals surface area contributed by atoms with E-state index in [1.807, 2.05) is 18.2 Å². The van der Waals surface area contributed by atoms with Gasteiger partial charge in [0.05, 0.1) is 13.2 Å². The molecule has 3 rings (SSSR count). The monoisotopic (exact) mass is 290 g/mol. The molecule has 1 aromatic heterocycles. The highest BCUT2D eigenvalue weighted by atomic mass is 16.3. The molecule has 0 radical (unpaired) electrons. The molecule has 0 atom stereocenters. The summed E-state index contributed by atoms with van der Waals surface area (Å²) in [5, 5.41) is 9.02. The van der Waals surface area contributed by atoms with Crippen LogP contribution in [0.25, 0.3) is 11.1 Å². The van der Waals surface area contributed by atoms with E-state index in [-0.39, 0.29) is 6.61 Å². The van der Waals surface area contributed by atoms with E-state index >= 15 is 0 Å². The summed E-state index contributed by atoms with van der Waals surface area (Å²) in [5.41, 5.74) is 8.08. The van der Waals surface area contributed by atoms with E-state index in [2.05, 4.69) is 14.8 Å². The van der Waals surface area contributed by atoms with E-state index < -0.39 is 0 Å². The largest absolute Gasteiger partial charge is 0.439 e. The highest BCUT2D eigenvalue weighted by Gasteiger charge is 2.16. The number of nitrogens with zero attached hydrogens (tertiary/aromatic N) is 3. The van der Waals surface area contributed by atoms with Gasteiger partial charge in [-0.05, 0) is 37.7 Å². The summed E-state index contributed by atoms with van der Waals surface area (Å²) in [6.45, 7) is 5.74. The quantitative estimate of drug-likeness (QED) is 0.815. The van der Waals surface area contributed by atoms with E-state index in [9.17, 15) is 0 Å². The first-order valence-corrected chi connectivity index (χ1v) is 7.45. The number of benzene rings is 1. The number of nitrogen functional groups attached to an aromatic ring is 1. The SMILES string of the molecule is Nc1ccc2oc(CN3CCCN(CCO)CC3)nc2c1. The summed E-state index contributed by atoms with van der Waals surface area (Å²) in [4.78, 5) is 9.16. The minimum absolute atomic E-state index is 0.229. The van der Waals surface area contributed by atoms with Crippen molar-refractivity contribution in [2.75, 3.05) is 45.1 Å². The summed E-state index contributed by atoms with van der Waals surface area (Å²) >= 11 is 0. The zero-order valence-electron chi connectivity index (χ0n) is 12.2. The lowest BCUT2D eigenvalue weighted by Crippen LogP contribution is -2.32. The van der Waals surface area contributed by atoms with Crippen LogP contribution in [0, 0.1) is 0 Å². The smallest absolute Gasteiger partial charge is 0.209 e. The Kier molecular flexibility index (Phi) is 4.38. The van der Waals surface area contributed by atoms with Gasteiger partial charge < -0.3 is 15.3 Å². The van der Waals surface area contributed by atoms with Gasteiger partial charge in [0, 0.05) is 25.3 Å². The van der Waals surface area contributed by atoms with Gasteiger partial charge in [0.15, 0.2) is 5.58 Å². The fourth-order valence-corrected chi connectivity index (χ4v) is 2.80. The van der Waals surface area contributed by atoms with Crippen LogP contribution in [-0.2, 0) is 6.54 Å². The van der Waals surface area contributed by atoms with Gasteiger partial charge in [0.25, 0.3) is 0 Å². The molecule has 1 aliphatic heterocycles. The molecule has 0 aliphatic carbocycles. The maximum absolute atomic E-state index is 9.02. The lowest BCUT2D eigenvalue weighted by atomic mass is 10.3. The highest BCUT2D eigenvalue weighted by molar-refractivity contribution is 5.76. The summed E-state index contributed by atoms with van der Waals surface area (Å²) < 4.78 is 5.78. The zero-order chi connectivity index (χ0) is 14.7. The molecule has 114 valence electrons. The van der Waals surface area contributed by atoms with E-state index in [1.54, 1.807) is 0 Å². The molecule has 0 unspecified atom stereocenters. The predicted molar refractivity (Wildman–Crippen MR) is 81.8 cm³/mol. The number of oxazole rings is 1. The molecule has 0 spiro atoms. The minimum atomic E-state index is 0.229. The number of hydrogen-bond donors (Lipinski definition) is 2. The number of aliphatic hydroxyl groups excluding tert-OH is 1. The highest BCUT2D eigenvalue weighted by Crippen LogP contribution is 2.19. The van der Waals surface area contributed by atoms with Gasteiger partial charge >= 0.3 is 0 Å². The van der Waals surface area contributed by atoms with Gasteiger partial charge in [-0.3, -0.25) is 9.80 Å². The topological polar surface area (TPSA) is 78.8 Å². The number of hydrogen-bond acceptors (Lipinski definition) is 6. The number of anilines is 1. The fourth-order valence-electron chi connectivity index (χ4n) is 2.80. The third-order valence-electron chi connectivity index (χ3n) is 3.91. The molecular weight excluding hydrogens is 268 g/mol. The van der Waals surface area contributed by atoms with Gasteiger partial charge in [-0.1, -0.05) is 0 Å². The number of aromatic nitrogens is 1. The average Bonchev–Trinajstić information content (AvgIpc) is 2.72. The van der Waals surface area contributed by atoms with Crippen LogP contribution in [0.1, 0.15) is 12.3 Å². The molecule has 1 saturated heterocycles. The normalized spacial score (nSPS) is 18.1. The average molecular weight is 290 g/mol. The summed E-state index contributed by atoms with van der Waals surface area (Å²) in [6.07, 6.45) is 1.10. The molecule has 6 heteroatoms. The molecular formula is C15H22N4O2. The van der Waals surface area contributed by atoms with Crippen LogP contribution < -0.4 is 5.73 Å². The Morgan fingerprint density at radius 3 is 2.86 bits per heavy atom. The van der Waals surface area contributed by atoms with Gasteiger partial charge in [-0.25, -0.2) is 4.98 Å². The molecule has 2 aromatic rings. The van der Waals surface area contributed by atoms with Crippen molar-refractivity contribution >= 4 is 16.8 Å². The zero-order valence-corrected chi connectivity index (χ0v) is 12.2. The second-order valence-corrected chi connectivity index (χ2v) is 5.53. The Hall–Kier alpha value is -1.63. The standard InChI is InChI=1S/C15H22N4O2/c16-12-2-3-14-13(10-12)17-15(21-14)11-19-5-1-4-18(6-7-19)8-9-20/h2-3,10,20H,1,4-9,11,16H2. The van der Waals surface area contributed by atoms with Crippen LogP contribution in [0.15, 0.2) is 22.6 Å². The Bertz CT molecular complexity index is 598. The molecule has 0 bridgehead atoms. The Morgan fingerprint density at radius 2 is 2.00 bits per heavy atom. The second-order valence-electron chi connectivity index (χ2n) is 5.53. The van der Waals surface area contributed by atoms with Crippen LogP contribution in [0.4, 0.5) is 5.69 Å².